The van der Waals surface area contributed by atoms with E-state index >= 15 is 0 Å². The molecule has 0 saturated carbocycles. The summed E-state index contributed by atoms with van der Waals surface area (Å²) in [6.07, 6.45) is 2.63. The van der Waals surface area contributed by atoms with Crippen LogP contribution in [0.3, 0.4) is 0 Å². The third-order valence-electron chi connectivity index (χ3n) is 2.79. The van der Waals surface area contributed by atoms with Crippen LogP contribution in [0.15, 0.2) is 24.3 Å². The van der Waals surface area contributed by atoms with Gasteiger partial charge in [0, 0.05) is 6.54 Å². The van der Waals surface area contributed by atoms with Gasteiger partial charge in [-0.1, -0.05) is 12.1 Å². The lowest BCUT2D eigenvalue weighted by molar-refractivity contribution is 0.0253. The molecule has 0 aromatic heterocycles. The van der Waals surface area contributed by atoms with Crippen LogP contribution in [-0.4, -0.2) is 19.2 Å². The number of rotatable bonds is 3. The molecule has 1 heterocycles. The van der Waals surface area contributed by atoms with Crippen LogP contribution in [-0.2, 0) is 11.3 Å². The molecule has 1 aliphatic rings. The lowest BCUT2D eigenvalue weighted by atomic mass is 10.1. The standard InChI is InChI=1S/C13H16N2O/c14-8-11-3-1-4-12(7-11)10-16-13-5-2-6-15-9-13/h1,3-4,7,13,15H,2,5-6,9-10H2/t13-/m0/s1. The highest BCUT2D eigenvalue weighted by Gasteiger charge is 2.12. The molecule has 0 aliphatic carbocycles. The van der Waals surface area contributed by atoms with Crippen molar-refractivity contribution < 1.29 is 4.74 Å². The second-order valence-electron chi connectivity index (χ2n) is 4.09. The third kappa shape index (κ3) is 3.06. The lowest BCUT2D eigenvalue weighted by Gasteiger charge is -2.23. The second kappa shape index (κ2) is 5.64. The van der Waals surface area contributed by atoms with Crippen molar-refractivity contribution >= 4 is 0 Å². The Hall–Kier alpha value is -1.37. The van der Waals surface area contributed by atoms with Crippen LogP contribution in [0.4, 0.5) is 0 Å². The van der Waals surface area contributed by atoms with E-state index in [2.05, 4.69) is 11.4 Å². The molecule has 84 valence electrons. The average Bonchev–Trinajstić information content (AvgIpc) is 2.38. The van der Waals surface area contributed by atoms with Gasteiger partial charge >= 0.3 is 0 Å². The molecule has 0 amide bonds. The van der Waals surface area contributed by atoms with Gasteiger partial charge in [0.1, 0.15) is 0 Å². The molecule has 0 radical (unpaired) electrons. The Balaban J connectivity index is 1.86. The monoisotopic (exact) mass is 216 g/mol. The molecular weight excluding hydrogens is 200 g/mol. The number of benzene rings is 1. The first kappa shape index (κ1) is 11.1. The molecule has 1 fully saturated rings. The van der Waals surface area contributed by atoms with Crippen LogP contribution >= 0.6 is 0 Å². The van der Waals surface area contributed by atoms with Gasteiger partial charge in [0.25, 0.3) is 0 Å². The maximum Gasteiger partial charge on any atom is 0.0991 e. The van der Waals surface area contributed by atoms with E-state index in [-0.39, 0.29) is 0 Å². The smallest absolute Gasteiger partial charge is 0.0991 e. The van der Waals surface area contributed by atoms with Gasteiger partial charge in [-0.15, -0.1) is 0 Å². The summed E-state index contributed by atoms with van der Waals surface area (Å²) in [5.41, 5.74) is 1.77. The first-order chi connectivity index (χ1) is 7.88. The number of hydrogen-bond acceptors (Lipinski definition) is 3. The van der Waals surface area contributed by atoms with E-state index in [4.69, 9.17) is 10.00 Å². The maximum atomic E-state index is 8.78. The van der Waals surface area contributed by atoms with Crippen molar-refractivity contribution in [3.05, 3.63) is 35.4 Å². The number of nitrogens with zero attached hydrogens (tertiary/aromatic N) is 1. The van der Waals surface area contributed by atoms with Gasteiger partial charge in [0.05, 0.1) is 24.3 Å². The van der Waals surface area contributed by atoms with E-state index in [9.17, 15) is 0 Å². The minimum absolute atomic E-state index is 0.319. The summed E-state index contributed by atoms with van der Waals surface area (Å²) in [6, 6.07) is 9.73. The number of nitrogens with one attached hydrogen (secondary N) is 1. The lowest BCUT2D eigenvalue weighted by Crippen LogP contribution is -2.35. The zero-order valence-electron chi connectivity index (χ0n) is 9.28. The van der Waals surface area contributed by atoms with Crippen molar-refractivity contribution in [3.8, 4) is 6.07 Å². The van der Waals surface area contributed by atoms with Crippen LogP contribution in [0.25, 0.3) is 0 Å². The van der Waals surface area contributed by atoms with Gasteiger partial charge in [-0.3, -0.25) is 0 Å². The second-order valence-corrected chi connectivity index (χ2v) is 4.09. The average molecular weight is 216 g/mol. The van der Waals surface area contributed by atoms with E-state index in [0.29, 0.717) is 18.3 Å². The summed E-state index contributed by atoms with van der Waals surface area (Å²) in [4.78, 5) is 0. The fourth-order valence-electron chi connectivity index (χ4n) is 1.91. The highest BCUT2D eigenvalue weighted by atomic mass is 16.5. The summed E-state index contributed by atoms with van der Waals surface area (Å²) in [5.74, 6) is 0. The summed E-state index contributed by atoms with van der Waals surface area (Å²) in [7, 11) is 0. The molecule has 1 N–H and O–H groups in total. The summed E-state index contributed by atoms with van der Waals surface area (Å²) in [5, 5.41) is 12.1. The van der Waals surface area contributed by atoms with Gasteiger partial charge in [0.2, 0.25) is 0 Å². The Morgan fingerprint density at radius 3 is 3.19 bits per heavy atom. The predicted molar refractivity (Wildman–Crippen MR) is 61.8 cm³/mol. The van der Waals surface area contributed by atoms with E-state index in [0.717, 1.165) is 25.1 Å². The molecule has 3 heteroatoms. The normalized spacial score (nSPS) is 20.3. The third-order valence-corrected chi connectivity index (χ3v) is 2.79. The number of piperidine rings is 1. The SMILES string of the molecule is N#Cc1cccc(CO[C@H]2CCCNC2)c1. The fourth-order valence-corrected chi connectivity index (χ4v) is 1.91. The predicted octanol–water partition coefficient (Wildman–Crippen LogP) is 1.83. The van der Waals surface area contributed by atoms with Crippen LogP contribution in [0.2, 0.25) is 0 Å². The first-order valence-electron chi connectivity index (χ1n) is 5.70. The van der Waals surface area contributed by atoms with Crippen LogP contribution in [0.5, 0.6) is 0 Å². The molecule has 1 aliphatic heterocycles. The minimum atomic E-state index is 0.319. The zero-order chi connectivity index (χ0) is 11.2. The van der Waals surface area contributed by atoms with E-state index < -0.39 is 0 Å². The van der Waals surface area contributed by atoms with E-state index in [1.807, 2.05) is 24.3 Å². The summed E-state index contributed by atoms with van der Waals surface area (Å²) in [6.45, 7) is 2.64. The highest BCUT2D eigenvalue weighted by molar-refractivity contribution is 5.32. The molecule has 0 bridgehead atoms. The summed E-state index contributed by atoms with van der Waals surface area (Å²) >= 11 is 0. The molecule has 2 rings (SSSR count). The highest BCUT2D eigenvalue weighted by Crippen LogP contribution is 2.11. The molecule has 3 nitrogen and oxygen atoms in total. The first-order valence-corrected chi connectivity index (χ1v) is 5.70. The number of hydrogen-bond donors (Lipinski definition) is 1. The van der Waals surface area contributed by atoms with Crippen molar-refractivity contribution in [3.63, 3.8) is 0 Å². The molecule has 1 aromatic carbocycles. The Bertz CT molecular complexity index is 378. The van der Waals surface area contributed by atoms with E-state index in [1.54, 1.807) is 0 Å². The molecular formula is C13H16N2O. The fraction of sp³-hybridized carbons (Fsp3) is 0.462. The molecule has 0 spiro atoms. The Labute approximate surface area is 96.0 Å². The van der Waals surface area contributed by atoms with Crippen molar-refractivity contribution in [2.75, 3.05) is 13.1 Å². The molecule has 0 unspecified atom stereocenters. The van der Waals surface area contributed by atoms with Crippen molar-refractivity contribution in [2.24, 2.45) is 0 Å². The quantitative estimate of drug-likeness (QED) is 0.838. The zero-order valence-corrected chi connectivity index (χ0v) is 9.28. The molecule has 1 saturated heterocycles. The molecule has 1 atom stereocenters. The van der Waals surface area contributed by atoms with Crippen LogP contribution < -0.4 is 5.32 Å². The topological polar surface area (TPSA) is 45.0 Å². The molecule has 16 heavy (non-hydrogen) atoms. The van der Waals surface area contributed by atoms with Gasteiger partial charge < -0.3 is 10.1 Å². The Kier molecular flexibility index (Phi) is 3.92. The summed E-state index contributed by atoms with van der Waals surface area (Å²) < 4.78 is 5.80. The van der Waals surface area contributed by atoms with Gasteiger partial charge in [-0.05, 0) is 37.1 Å². The Morgan fingerprint density at radius 1 is 1.50 bits per heavy atom. The van der Waals surface area contributed by atoms with Gasteiger partial charge in [-0.2, -0.15) is 5.26 Å². The number of nitriles is 1. The number of ether oxygens (including phenoxy) is 1. The van der Waals surface area contributed by atoms with Crippen molar-refractivity contribution in [1.29, 1.82) is 5.26 Å². The minimum Gasteiger partial charge on any atom is -0.372 e. The van der Waals surface area contributed by atoms with Gasteiger partial charge in [-0.25, -0.2) is 0 Å². The van der Waals surface area contributed by atoms with Crippen LogP contribution in [0, 0.1) is 11.3 Å². The Morgan fingerprint density at radius 2 is 2.44 bits per heavy atom. The largest absolute Gasteiger partial charge is 0.372 e. The van der Waals surface area contributed by atoms with Crippen molar-refractivity contribution in [2.45, 2.75) is 25.6 Å². The van der Waals surface area contributed by atoms with Crippen LogP contribution in [0.1, 0.15) is 24.0 Å². The van der Waals surface area contributed by atoms with Gasteiger partial charge in [0.15, 0.2) is 0 Å². The van der Waals surface area contributed by atoms with Crippen molar-refractivity contribution in [1.82, 2.24) is 5.32 Å². The van der Waals surface area contributed by atoms with E-state index in [1.165, 1.54) is 6.42 Å². The molecule has 1 aromatic rings. The maximum absolute atomic E-state index is 8.78.